The van der Waals surface area contributed by atoms with Gasteiger partial charge in [-0.05, 0) is 61.1 Å². The normalized spacial score (nSPS) is 19.7. The average Bonchev–Trinajstić information content (AvgIpc) is 3.67. The first-order valence-electron chi connectivity index (χ1n) is 11.0. The van der Waals surface area contributed by atoms with E-state index in [9.17, 15) is 9.18 Å². The number of methoxy groups -OCH3 is 1. The number of aryl methyl sites for hydroxylation is 1. The zero-order valence-corrected chi connectivity index (χ0v) is 18.1. The number of halogens is 1. The maximum atomic E-state index is 14.1. The molecule has 1 N–H and O–H groups in total. The number of aromatic nitrogens is 2. The number of pyridine rings is 2. The molecular formula is C24H31FN2O4. The third-order valence-corrected chi connectivity index (χ3v) is 5.60. The highest BCUT2D eigenvalue weighted by molar-refractivity contribution is 5.67. The van der Waals surface area contributed by atoms with Gasteiger partial charge in [0.15, 0.2) is 0 Å². The summed E-state index contributed by atoms with van der Waals surface area (Å²) in [7, 11) is 1.53. The molecule has 6 nitrogen and oxygen atoms in total. The van der Waals surface area contributed by atoms with Gasteiger partial charge in [-0.2, -0.15) is 0 Å². The van der Waals surface area contributed by atoms with E-state index in [1.807, 2.05) is 0 Å². The van der Waals surface area contributed by atoms with Crippen LogP contribution in [0.25, 0.3) is 0 Å². The SMILES string of the molecule is C1CC1.COc1cc(C2CCC(COc3cc(CCC(=O)O)ccn3)CC2)c(F)cn1. The maximum absolute atomic E-state index is 14.1. The first-order valence-corrected chi connectivity index (χ1v) is 11.0. The Balaban J connectivity index is 0.000000834. The largest absolute Gasteiger partial charge is 0.481 e. The van der Waals surface area contributed by atoms with Gasteiger partial charge in [0.2, 0.25) is 11.8 Å². The summed E-state index contributed by atoms with van der Waals surface area (Å²) >= 11 is 0. The van der Waals surface area contributed by atoms with Crippen LogP contribution in [0.5, 0.6) is 11.8 Å². The summed E-state index contributed by atoms with van der Waals surface area (Å²) in [5.41, 5.74) is 1.58. The molecule has 2 heterocycles. The van der Waals surface area contributed by atoms with Gasteiger partial charge in [0.1, 0.15) is 5.82 Å². The van der Waals surface area contributed by atoms with Gasteiger partial charge >= 0.3 is 5.97 Å². The summed E-state index contributed by atoms with van der Waals surface area (Å²) in [4.78, 5) is 18.8. The quantitative estimate of drug-likeness (QED) is 0.623. The molecule has 2 aliphatic carbocycles. The summed E-state index contributed by atoms with van der Waals surface area (Å²) in [5.74, 6) is 0.436. The Morgan fingerprint density at radius 3 is 2.52 bits per heavy atom. The molecule has 0 bridgehead atoms. The van der Waals surface area contributed by atoms with Crippen molar-refractivity contribution in [3.63, 3.8) is 0 Å². The molecule has 0 spiro atoms. The van der Waals surface area contributed by atoms with Crippen molar-refractivity contribution in [1.29, 1.82) is 0 Å². The van der Waals surface area contributed by atoms with Crippen LogP contribution in [0, 0.1) is 11.7 Å². The Morgan fingerprint density at radius 1 is 1.13 bits per heavy atom. The van der Waals surface area contributed by atoms with Crippen LogP contribution in [0.1, 0.15) is 68.4 Å². The predicted octanol–water partition coefficient (Wildman–Crippen LogP) is 5.16. The van der Waals surface area contributed by atoms with Gasteiger partial charge in [-0.25, -0.2) is 14.4 Å². The molecule has 168 valence electrons. The minimum atomic E-state index is -0.820. The van der Waals surface area contributed by atoms with E-state index >= 15 is 0 Å². The molecule has 7 heteroatoms. The zero-order valence-electron chi connectivity index (χ0n) is 18.1. The van der Waals surface area contributed by atoms with Crippen molar-refractivity contribution in [1.82, 2.24) is 9.97 Å². The zero-order chi connectivity index (χ0) is 22.1. The van der Waals surface area contributed by atoms with Crippen LogP contribution >= 0.6 is 0 Å². The first kappa shape index (κ1) is 23.0. The molecule has 31 heavy (non-hydrogen) atoms. The van der Waals surface area contributed by atoms with E-state index < -0.39 is 5.97 Å². The van der Waals surface area contributed by atoms with Crippen molar-refractivity contribution in [3.05, 3.63) is 47.5 Å². The number of ether oxygens (including phenoxy) is 2. The summed E-state index contributed by atoms with van der Waals surface area (Å²) in [5, 5.41) is 8.79. The van der Waals surface area contributed by atoms with Crippen molar-refractivity contribution in [2.45, 2.75) is 63.7 Å². The number of rotatable bonds is 8. The van der Waals surface area contributed by atoms with E-state index in [1.54, 1.807) is 24.4 Å². The molecular weight excluding hydrogens is 399 g/mol. The summed E-state index contributed by atoms with van der Waals surface area (Å²) in [6.07, 6.45) is 11.6. The fraction of sp³-hybridized carbons (Fsp3) is 0.542. The third kappa shape index (κ3) is 7.81. The Labute approximate surface area is 182 Å². The van der Waals surface area contributed by atoms with Gasteiger partial charge < -0.3 is 14.6 Å². The van der Waals surface area contributed by atoms with Crippen molar-refractivity contribution >= 4 is 5.97 Å². The molecule has 0 radical (unpaired) electrons. The lowest BCUT2D eigenvalue weighted by Gasteiger charge is -2.28. The van der Waals surface area contributed by atoms with Crippen LogP contribution < -0.4 is 9.47 Å². The van der Waals surface area contributed by atoms with Crippen LogP contribution in [0.15, 0.2) is 30.6 Å². The van der Waals surface area contributed by atoms with Gasteiger partial charge in [-0.15, -0.1) is 0 Å². The molecule has 0 aliphatic heterocycles. The Hall–Kier alpha value is -2.70. The van der Waals surface area contributed by atoms with E-state index in [2.05, 4.69) is 9.97 Å². The Morgan fingerprint density at radius 2 is 1.87 bits per heavy atom. The minimum absolute atomic E-state index is 0.0871. The molecule has 0 saturated heterocycles. The standard InChI is InChI=1S/C21H25FN2O4.C3H6/c1-27-19-11-17(18(22)12-24-19)16-5-2-15(3-6-16)13-28-20-10-14(8-9-23-20)4-7-21(25)26;1-2-3-1/h8-12,15-16H,2-7,13H2,1H3,(H,25,26);1-3H2. The fourth-order valence-corrected chi connectivity index (χ4v) is 3.64. The minimum Gasteiger partial charge on any atom is -0.481 e. The lowest BCUT2D eigenvalue weighted by Crippen LogP contribution is -2.20. The summed E-state index contributed by atoms with van der Waals surface area (Å²) < 4.78 is 25.1. The van der Waals surface area contributed by atoms with Crippen LogP contribution in [-0.2, 0) is 11.2 Å². The smallest absolute Gasteiger partial charge is 0.303 e. The monoisotopic (exact) mass is 430 g/mol. The van der Waals surface area contributed by atoms with E-state index in [4.69, 9.17) is 14.6 Å². The molecule has 0 atom stereocenters. The molecule has 2 aliphatic rings. The van der Waals surface area contributed by atoms with Crippen LogP contribution in [0.3, 0.4) is 0 Å². The van der Waals surface area contributed by atoms with Crippen LogP contribution in [0.4, 0.5) is 4.39 Å². The van der Waals surface area contributed by atoms with E-state index in [0.717, 1.165) is 31.2 Å². The molecule has 2 fully saturated rings. The number of carboxylic acid groups (broad SMARTS) is 1. The van der Waals surface area contributed by atoms with E-state index in [1.165, 1.54) is 32.6 Å². The van der Waals surface area contributed by atoms with E-state index in [0.29, 0.717) is 36.3 Å². The Kier molecular flexibility index (Phi) is 8.62. The molecule has 2 aromatic heterocycles. The van der Waals surface area contributed by atoms with Crippen molar-refractivity contribution in [2.24, 2.45) is 5.92 Å². The molecule has 4 rings (SSSR count). The number of nitrogens with zero attached hydrogens (tertiary/aromatic N) is 2. The third-order valence-electron chi connectivity index (χ3n) is 5.60. The maximum Gasteiger partial charge on any atom is 0.303 e. The van der Waals surface area contributed by atoms with E-state index in [-0.39, 0.29) is 18.2 Å². The molecule has 0 amide bonds. The first-order chi connectivity index (χ1) is 15.0. The molecule has 2 saturated carbocycles. The number of carboxylic acids is 1. The van der Waals surface area contributed by atoms with Gasteiger partial charge in [0.25, 0.3) is 0 Å². The second-order valence-electron chi connectivity index (χ2n) is 8.23. The summed E-state index contributed by atoms with van der Waals surface area (Å²) in [6.45, 7) is 0.560. The lowest BCUT2D eigenvalue weighted by atomic mass is 9.79. The number of aliphatic carboxylic acids is 1. The highest BCUT2D eigenvalue weighted by Crippen LogP contribution is 2.37. The van der Waals surface area contributed by atoms with Gasteiger partial charge in [-0.3, -0.25) is 4.79 Å². The number of hydrogen-bond acceptors (Lipinski definition) is 5. The summed E-state index contributed by atoms with van der Waals surface area (Å²) in [6, 6.07) is 5.30. The second kappa shape index (κ2) is 11.6. The number of carbonyl (C=O) groups is 1. The molecule has 0 aromatic carbocycles. The van der Waals surface area contributed by atoms with Crippen molar-refractivity contribution in [3.8, 4) is 11.8 Å². The Bertz CT molecular complexity index is 848. The lowest BCUT2D eigenvalue weighted by molar-refractivity contribution is -0.136. The van der Waals surface area contributed by atoms with Crippen molar-refractivity contribution in [2.75, 3.05) is 13.7 Å². The van der Waals surface area contributed by atoms with Crippen LogP contribution in [0.2, 0.25) is 0 Å². The van der Waals surface area contributed by atoms with Gasteiger partial charge in [0, 0.05) is 24.8 Å². The highest BCUT2D eigenvalue weighted by Gasteiger charge is 2.25. The second-order valence-corrected chi connectivity index (χ2v) is 8.23. The van der Waals surface area contributed by atoms with Crippen molar-refractivity contribution < 1.29 is 23.8 Å². The molecule has 0 unspecified atom stereocenters. The molecule has 2 aromatic rings. The average molecular weight is 431 g/mol. The van der Waals surface area contributed by atoms with Gasteiger partial charge in [-0.1, -0.05) is 19.3 Å². The van der Waals surface area contributed by atoms with Crippen LogP contribution in [-0.4, -0.2) is 34.8 Å². The predicted molar refractivity (Wildman–Crippen MR) is 115 cm³/mol. The van der Waals surface area contributed by atoms with Gasteiger partial charge in [0.05, 0.1) is 19.9 Å². The number of hydrogen-bond donors (Lipinski definition) is 1. The highest BCUT2D eigenvalue weighted by atomic mass is 19.1. The topological polar surface area (TPSA) is 81.5 Å². The fourth-order valence-electron chi connectivity index (χ4n) is 3.64.